The Morgan fingerprint density at radius 3 is 2.43 bits per heavy atom. The molecule has 0 aromatic heterocycles. The summed E-state index contributed by atoms with van der Waals surface area (Å²) in [5.41, 5.74) is 0.469. The van der Waals surface area contributed by atoms with Gasteiger partial charge in [-0.15, -0.1) is 0 Å². The third-order valence-electron chi connectivity index (χ3n) is 3.35. The molecule has 0 bridgehead atoms. The van der Waals surface area contributed by atoms with Crippen LogP contribution in [0, 0.1) is 11.7 Å². The summed E-state index contributed by atoms with van der Waals surface area (Å²) >= 11 is 5.81. The number of hydrogen-bond donors (Lipinski definition) is 0. The Hall–Kier alpha value is -1.29. The summed E-state index contributed by atoms with van der Waals surface area (Å²) in [7, 11) is 0. The lowest BCUT2D eigenvalue weighted by molar-refractivity contribution is 0.0228. The van der Waals surface area contributed by atoms with E-state index in [-0.39, 0.29) is 11.1 Å². The van der Waals surface area contributed by atoms with Gasteiger partial charge in [0.25, 0.3) is 0 Å². The smallest absolute Gasteiger partial charge is 0.410 e. The number of piperidine rings is 1. The van der Waals surface area contributed by atoms with E-state index in [2.05, 4.69) is 0 Å². The lowest BCUT2D eigenvalue weighted by Gasteiger charge is -2.33. The van der Waals surface area contributed by atoms with Gasteiger partial charge in [-0.25, -0.2) is 9.18 Å². The lowest BCUT2D eigenvalue weighted by atomic mass is 9.89. The first-order valence-corrected chi connectivity index (χ1v) is 7.42. The Bertz CT molecular complexity index is 519. The number of nitrogens with zero attached hydrogens (tertiary/aromatic N) is 1. The molecule has 1 aromatic carbocycles. The number of hydrogen-bond acceptors (Lipinski definition) is 2. The summed E-state index contributed by atoms with van der Waals surface area (Å²) in [6, 6.07) is 4.76. The van der Waals surface area contributed by atoms with Gasteiger partial charge >= 0.3 is 6.09 Å². The van der Waals surface area contributed by atoms with Gasteiger partial charge in [0, 0.05) is 19.0 Å². The summed E-state index contributed by atoms with van der Waals surface area (Å²) in [5.74, 6) is 0.781. The highest BCUT2D eigenvalue weighted by molar-refractivity contribution is 6.30. The molecule has 3 nitrogen and oxygen atoms in total. The molecule has 2 rings (SSSR count). The molecule has 1 aliphatic heterocycles. The number of amides is 1. The van der Waals surface area contributed by atoms with Crippen LogP contribution in [0.5, 0.6) is 0 Å². The SMILES string of the molecule is CC(C)(C)OC(=O)N1CC[C](c2ccc(F)c(Cl)c2)CC1. The number of halogens is 2. The van der Waals surface area contributed by atoms with Crippen molar-refractivity contribution < 1.29 is 13.9 Å². The fourth-order valence-corrected chi connectivity index (χ4v) is 2.47. The molecule has 5 heteroatoms. The summed E-state index contributed by atoms with van der Waals surface area (Å²) in [6.45, 7) is 6.78. The first-order valence-electron chi connectivity index (χ1n) is 7.04. The predicted molar refractivity (Wildman–Crippen MR) is 80.8 cm³/mol. The van der Waals surface area contributed by atoms with Gasteiger partial charge < -0.3 is 9.64 Å². The zero-order valence-corrected chi connectivity index (χ0v) is 13.3. The molecule has 1 radical (unpaired) electrons. The molecule has 1 aromatic rings. The van der Waals surface area contributed by atoms with E-state index in [0.717, 1.165) is 18.4 Å². The van der Waals surface area contributed by atoms with Crippen molar-refractivity contribution in [3.05, 3.63) is 40.5 Å². The Morgan fingerprint density at radius 2 is 1.90 bits per heavy atom. The van der Waals surface area contributed by atoms with Gasteiger partial charge in [0.2, 0.25) is 0 Å². The molecule has 115 valence electrons. The number of likely N-dealkylation sites (tertiary alicyclic amines) is 1. The topological polar surface area (TPSA) is 29.5 Å². The average Bonchev–Trinajstić information content (AvgIpc) is 2.40. The Kier molecular flexibility index (Phi) is 4.77. The Morgan fingerprint density at radius 1 is 1.29 bits per heavy atom. The molecular weight excluding hydrogens is 293 g/mol. The van der Waals surface area contributed by atoms with Crippen molar-refractivity contribution >= 4 is 17.7 Å². The largest absolute Gasteiger partial charge is 0.444 e. The van der Waals surface area contributed by atoms with Crippen molar-refractivity contribution in [2.75, 3.05) is 13.1 Å². The van der Waals surface area contributed by atoms with Crippen molar-refractivity contribution in [2.45, 2.75) is 39.2 Å². The molecule has 1 amide bonds. The Balaban J connectivity index is 1.94. The molecule has 1 fully saturated rings. The van der Waals surface area contributed by atoms with Gasteiger partial charge in [-0.05, 0) is 51.3 Å². The predicted octanol–water partition coefficient (Wildman–Crippen LogP) is 4.43. The molecule has 0 atom stereocenters. The highest BCUT2D eigenvalue weighted by Crippen LogP contribution is 2.30. The molecule has 0 unspecified atom stereocenters. The van der Waals surface area contributed by atoms with E-state index < -0.39 is 11.4 Å². The molecule has 21 heavy (non-hydrogen) atoms. The zero-order valence-electron chi connectivity index (χ0n) is 12.6. The van der Waals surface area contributed by atoms with E-state index in [1.54, 1.807) is 17.0 Å². The molecule has 0 spiro atoms. The third-order valence-corrected chi connectivity index (χ3v) is 3.64. The van der Waals surface area contributed by atoms with Crippen molar-refractivity contribution in [2.24, 2.45) is 0 Å². The molecule has 0 aliphatic carbocycles. The minimum atomic E-state index is -0.481. The van der Waals surface area contributed by atoms with Crippen LogP contribution in [0.1, 0.15) is 39.2 Å². The van der Waals surface area contributed by atoms with Crippen LogP contribution < -0.4 is 0 Å². The van der Waals surface area contributed by atoms with Gasteiger partial charge in [0.05, 0.1) is 5.02 Å². The fourth-order valence-electron chi connectivity index (χ4n) is 2.29. The van der Waals surface area contributed by atoms with Crippen LogP contribution in [-0.2, 0) is 4.74 Å². The first-order chi connectivity index (χ1) is 9.76. The average molecular weight is 313 g/mol. The van der Waals surface area contributed by atoms with Crippen LogP contribution in [0.4, 0.5) is 9.18 Å². The summed E-state index contributed by atoms with van der Waals surface area (Å²) in [5, 5.41) is 0.134. The second-order valence-corrected chi connectivity index (χ2v) is 6.61. The molecule has 0 saturated carbocycles. The van der Waals surface area contributed by atoms with Crippen LogP contribution >= 0.6 is 11.6 Å². The summed E-state index contributed by atoms with van der Waals surface area (Å²) in [4.78, 5) is 13.7. The highest BCUT2D eigenvalue weighted by Gasteiger charge is 2.27. The van der Waals surface area contributed by atoms with E-state index in [9.17, 15) is 9.18 Å². The highest BCUT2D eigenvalue weighted by atomic mass is 35.5. The van der Waals surface area contributed by atoms with Crippen LogP contribution in [0.25, 0.3) is 0 Å². The third kappa shape index (κ3) is 4.34. The van der Waals surface area contributed by atoms with Gasteiger partial charge in [0.1, 0.15) is 11.4 Å². The fraction of sp³-hybridized carbons (Fsp3) is 0.500. The van der Waals surface area contributed by atoms with Gasteiger partial charge in [-0.3, -0.25) is 0 Å². The zero-order chi connectivity index (χ0) is 15.6. The second-order valence-electron chi connectivity index (χ2n) is 6.20. The number of carbonyl (C=O) groups excluding carboxylic acids is 1. The minimum absolute atomic E-state index is 0.134. The van der Waals surface area contributed by atoms with Gasteiger partial charge in [-0.2, -0.15) is 0 Å². The monoisotopic (exact) mass is 312 g/mol. The van der Waals surface area contributed by atoms with E-state index in [0.29, 0.717) is 13.1 Å². The van der Waals surface area contributed by atoms with Crippen LogP contribution in [0.15, 0.2) is 18.2 Å². The van der Waals surface area contributed by atoms with E-state index in [1.807, 2.05) is 20.8 Å². The van der Waals surface area contributed by atoms with Gasteiger partial charge in [0.15, 0.2) is 0 Å². The van der Waals surface area contributed by atoms with Crippen molar-refractivity contribution in [1.29, 1.82) is 0 Å². The minimum Gasteiger partial charge on any atom is -0.444 e. The van der Waals surface area contributed by atoms with Crippen molar-refractivity contribution in [1.82, 2.24) is 4.90 Å². The maximum absolute atomic E-state index is 13.2. The van der Waals surface area contributed by atoms with E-state index in [1.165, 1.54) is 12.0 Å². The second kappa shape index (κ2) is 6.22. The number of ether oxygens (including phenoxy) is 1. The summed E-state index contributed by atoms with van der Waals surface area (Å²) in [6.07, 6.45) is 1.22. The number of benzene rings is 1. The maximum atomic E-state index is 13.2. The van der Waals surface area contributed by atoms with E-state index >= 15 is 0 Å². The van der Waals surface area contributed by atoms with Crippen LogP contribution in [0.2, 0.25) is 5.02 Å². The van der Waals surface area contributed by atoms with Crippen LogP contribution in [-0.4, -0.2) is 29.7 Å². The standard InChI is InChI=1S/C16H20ClFNO2/c1-16(2,3)21-15(20)19-8-6-11(7-9-19)12-4-5-14(18)13(17)10-12/h4-5,10H,6-9H2,1-3H3. The van der Waals surface area contributed by atoms with Crippen LogP contribution in [0.3, 0.4) is 0 Å². The molecular formula is C16H20ClFNO2. The Labute approximate surface area is 130 Å². The maximum Gasteiger partial charge on any atom is 0.410 e. The van der Waals surface area contributed by atoms with Crippen molar-refractivity contribution in [3.63, 3.8) is 0 Å². The normalized spacial score (nSPS) is 16.9. The molecule has 1 saturated heterocycles. The van der Waals surface area contributed by atoms with E-state index in [4.69, 9.17) is 16.3 Å². The molecule has 0 N–H and O–H groups in total. The summed E-state index contributed by atoms with van der Waals surface area (Å²) < 4.78 is 18.5. The molecule has 1 aliphatic rings. The van der Waals surface area contributed by atoms with Gasteiger partial charge in [-0.1, -0.05) is 17.7 Å². The first kappa shape index (κ1) is 16.1. The number of rotatable bonds is 1. The quantitative estimate of drug-likeness (QED) is 0.767. The lowest BCUT2D eigenvalue weighted by Crippen LogP contribution is -2.41. The molecule has 1 heterocycles. The number of carbonyl (C=O) groups is 1. The van der Waals surface area contributed by atoms with Crippen molar-refractivity contribution in [3.8, 4) is 0 Å².